The summed E-state index contributed by atoms with van der Waals surface area (Å²) in [7, 11) is 0. The number of hydrogen-bond donors (Lipinski definition) is 4. The number of guanidine groups is 1. The molecule has 0 heterocycles. The number of hydrogen-bond acceptors (Lipinski definition) is 6. The molecule has 6 N–H and O–H groups in total. The first kappa shape index (κ1) is 24.1. The third-order valence-electron chi connectivity index (χ3n) is 3.24. The highest BCUT2D eigenvalue weighted by Crippen LogP contribution is 2.15. The molecule has 2 aromatic rings. The van der Waals surface area contributed by atoms with Gasteiger partial charge in [0.15, 0.2) is 0 Å². The van der Waals surface area contributed by atoms with Gasteiger partial charge in [-0.3, -0.25) is 4.79 Å². The van der Waals surface area contributed by atoms with E-state index in [1.165, 1.54) is 23.1 Å². The van der Waals surface area contributed by atoms with Crippen LogP contribution in [0.5, 0.6) is 5.75 Å². The topological polar surface area (TPSA) is 132 Å². The number of nitrogens with one attached hydrogen (secondary N) is 1. The monoisotopic (exact) mass is 420 g/mol. The minimum Gasteiger partial charge on any atom is -0.493 e. The Morgan fingerprint density at radius 1 is 1.10 bits per heavy atom. The van der Waals surface area contributed by atoms with Gasteiger partial charge in [-0.25, -0.2) is 4.72 Å². The standard InChI is InChI=1S/C11H17N3O2.C9H11NO2S/c1-9-3-5-10(6-4-9)15-7-2-8-16-14-11(12)13;1-7-3-2-4-8(5-7)13-10-6-9(11)12/h3-6H,2,7-8H2,1H3,(H4,12,13,14);2-5,10H,6H2,1H3,(H,11,12). The summed E-state index contributed by atoms with van der Waals surface area (Å²) in [6, 6.07) is 15.8. The van der Waals surface area contributed by atoms with E-state index in [4.69, 9.17) is 26.1 Å². The number of oxime groups is 1. The number of aliphatic carboxylic acids is 1. The Labute approximate surface area is 175 Å². The molecular weight excluding hydrogens is 392 g/mol. The van der Waals surface area contributed by atoms with Crippen LogP contribution in [0.1, 0.15) is 17.5 Å². The van der Waals surface area contributed by atoms with Crippen molar-refractivity contribution in [2.75, 3.05) is 19.8 Å². The number of carboxylic acid groups (broad SMARTS) is 1. The number of benzene rings is 2. The van der Waals surface area contributed by atoms with Gasteiger partial charge < -0.3 is 26.1 Å². The van der Waals surface area contributed by atoms with Crippen molar-refractivity contribution in [2.45, 2.75) is 25.2 Å². The van der Waals surface area contributed by atoms with Gasteiger partial charge in [-0.1, -0.05) is 29.8 Å². The van der Waals surface area contributed by atoms with Crippen LogP contribution < -0.4 is 20.9 Å². The summed E-state index contributed by atoms with van der Waals surface area (Å²) >= 11 is 1.33. The fourth-order valence-electron chi connectivity index (χ4n) is 1.93. The third kappa shape index (κ3) is 13.0. The molecule has 0 aliphatic rings. The van der Waals surface area contributed by atoms with E-state index in [0.717, 1.165) is 17.1 Å². The molecule has 158 valence electrons. The fraction of sp³-hybridized carbons (Fsp3) is 0.300. The number of rotatable bonds is 10. The minimum absolute atomic E-state index is 0.0292. The lowest BCUT2D eigenvalue weighted by atomic mass is 10.2. The van der Waals surface area contributed by atoms with Crippen molar-refractivity contribution in [3.05, 3.63) is 59.7 Å². The number of nitrogens with two attached hydrogens (primary N) is 2. The highest BCUT2D eigenvalue weighted by atomic mass is 32.2. The van der Waals surface area contributed by atoms with Gasteiger partial charge in [0.05, 0.1) is 6.61 Å². The summed E-state index contributed by atoms with van der Waals surface area (Å²) in [5.74, 6) is -0.0629. The molecule has 2 aromatic carbocycles. The van der Waals surface area contributed by atoms with Gasteiger partial charge in [-0.05, 0) is 60.8 Å². The van der Waals surface area contributed by atoms with Gasteiger partial charge in [0, 0.05) is 11.3 Å². The zero-order chi connectivity index (χ0) is 21.5. The molecule has 0 aliphatic carbocycles. The van der Waals surface area contributed by atoms with Crippen LogP contribution in [-0.2, 0) is 9.63 Å². The minimum atomic E-state index is -0.847. The maximum atomic E-state index is 10.2. The zero-order valence-electron chi connectivity index (χ0n) is 16.6. The lowest BCUT2D eigenvalue weighted by Crippen LogP contribution is -2.23. The van der Waals surface area contributed by atoms with Crippen molar-refractivity contribution in [3.63, 3.8) is 0 Å². The van der Waals surface area contributed by atoms with E-state index in [1.807, 2.05) is 62.4 Å². The molecule has 0 saturated heterocycles. The van der Waals surface area contributed by atoms with Crippen molar-refractivity contribution < 1.29 is 19.5 Å². The molecule has 0 saturated carbocycles. The fourth-order valence-corrected chi connectivity index (χ4v) is 2.68. The van der Waals surface area contributed by atoms with Gasteiger partial charge in [0.2, 0.25) is 5.96 Å². The van der Waals surface area contributed by atoms with Crippen LogP contribution in [0.4, 0.5) is 0 Å². The van der Waals surface area contributed by atoms with E-state index in [1.54, 1.807) is 0 Å². The Morgan fingerprint density at radius 3 is 2.45 bits per heavy atom. The van der Waals surface area contributed by atoms with Crippen LogP contribution in [0.25, 0.3) is 0 Å². The Bertz CT molecular complexity index is 765. The molecule has 0 bridgehead atoms. The van der Waals surface area contributed by atoms with Crippen LogP contribution in [0, 0.1) is 13.8 Å². The Hall–Kier alpha value is -2.91. The molecule has 29 heavy (non-hydrogen) atoms. The normalized spacial score (nSPS) is 9.72. The number of nitrogens with zero attached hydrogens (tertiary/aromatic N) is 1. The second kappa shape index (κ2) is 14.1. The van der Waals surface area contributed by atoms with Gasteiger partial charge in [0.25, 0.3) is 0 Å². The first-order valence-electron chi connectivity index (χ1n) is 8.95. The summed E-state index contributed by atoms with van der Waals surface area (Å²) in [6.45, 7) is 5.01. The van der Waals surface area contributed by atoms with Crippen molar-refractivity contribution >= 4 is 23.9 Å². The van der Waals surface area contributed by atoms with Gasteiger partial charge >= 0.3 is 5.97 Å². The summed E-state index contributed by atoms with van der Waals surface area (Å²) in [5.41, 5.74) is 12.5. The number of carboxylic acids is 1. The van der Waals surface area contributed by atoms with Crippen molar-refractivity contribution in [2.24, 2.45) is 16.6 Å². The zero-order valence-corrected chi connectivity index (χ0v) is 17.4. The summed E-state index contributed by atoms with van der Waals surface area (Å²) in [5, 5.41) is 11.8. The van der Waals surface area contributed by atoms with Crippen molar-refractivity contribution in [1.82, 2.24) is 4.72 Å². The van der Waals surface area contributed by atoms with E-state index in [2.05, 4.69) is 9.88 Å². The molecule has 0 spiro atoms. The molecule has 9 heteroatoms. The number of ether oxygens (including phenoxy) is 1. The van der Waals surface area contributed by atoms with E-state index >= 15 is 0 Å². The van der Waals surface area contributed by atoms with E-state index in [-0.39, 0.29) is 12.5 Å². The lowest BCUT2D eigenvalue weighted by Gasteiger charge is -2.05. The van der Waals surface area contributed by atoms with E-state index < -0.39 is 5.97 Å². The lowest BCUT2D eigenvalue weighted by molar-refractivity contribution is -0.135. The number of aryl methyl sites for hydroxylation is 2. The van der Waals surface area contributed by atoms with E-state index in [9.17, 15) is 4.79 Å². The van der Waals surface area contributed by atoms with Crippen LogP contribution >= 0.6 is 11.9 Å². The second-order valence-corrected chi connectivity index (χ2v) is 6.96. The molecule has 0 radical (unpaired) electrons. The highest BCUT2D eigenvalue weighted by molar-refractivity contribution is 7.97. The quantitative estimate of drug-likeness (QED) is 0.152. The van der Waals surface area contributed by atoms with Crippen molar-refractivity contribution in [1.29, 1.82) is 0 Å². The molecule has 2 rings (SSSR count). The predicted molar refractivity (Wildman–Crippen MR) is 116 cm³/mol. The molecular formula is C20H28N4O4S. The van der Waals surface area contributed by atoms with Crippen LogP contribution in [0.15, 0.2) is 58.6 Å². The van der Waals surface area contributed by atoms with Crippen molar-refractivity contribution in [3.8, 4) is 5.75 Å². The molecule has 0 aliphatic heterocycles. The maximum Gasteiger partial charge on any atom is 0.318 e. The SMILES string of the molecule is Cc1ccc(OCCCON=C(N)N)cc1.Cc1cccc(SNCC(=O)O)c1. The van der Waals surface area contributed by atoms with Gasteiger partial charge in [0.1, 0.15) is 18.9 Å². The second-order valence-electron chi connectivity index (χ2n) is 6.00. The third-order valence-corrected chi connectivity index (χ3v) is 4.02. The molecule has 0 aromatic heterocycles. The summed E-state index contributed by atoms with van der Waals surface area (Å²) in [4.78, 5) is 16.0. The first-order chi connectivity index (χ1) is 13.9. The molecule has 0 fully saturated rings. The molecule has 0 unspecified atom stereocenters. The highest BCUT2D eigenvalue weighted by Gasteiger charge is 1.97. The van der Waals surface area contributed by atoms with Crippen LogP contribution in [0.2, 0.25) is 0 Å². The smallest absolute Gasteiger partial charge is 0.318 e. The molecule has 8 nitrogen and oxygen atoms in total. The largest absolute Gasteiger partial charge is 0.493 e. The predicted octanol–water partition coefficient (Wildman–Crippen LogP) is 2.65. The summed E-state index contributed by atoms with van der Waals surface area (Å²) in [6.07, 6.45) is 0.727. The first-order valence-corrected chi connectivity index (χ1v) is 9.77. The molecule has 0 atom stereocenters. The van der Waals surface area contributed by atoms with E-state index in [0.29, 0.717) is 13.2 Å². The molecule has 0 amide bonds. The number of carbonyl (C=O) groups is 1. The van der Waals surface area contributed by atoms with Crippen LogP contribution in [0.3, 0.4) is 0 Å². The Kier molecular flexibility index (Phi) is 11.8. The van der Waals surface area contributed by atoms with Gasteiger partial charge in [-0.15, -0.1) is 0 Å². The Morgan fingerprint density at radius 2 is 1.83 bits per heavy atom. The maximum absolute atomic E-state index is 10.2. The van der Waals surface area contributed by atoms with Crippen LogP contribution in [-0.4, -0.2) is 36.8 Å². The average molecular weight is 421 g/mol. The van der Waals surface area contributed by atoms with Gasteiger partial charge in [-0.2, -0.15) is 0 Å². The average Bonchev–Trinajstić information content (AvgIpc) is 2.66. The Balaban J connectivity index is 0.000000296. The summed E-state index contributed by atoms with van der Waals surface area (Å²) < 4.78 is 8.22.